The van der Waals surface area contributed by atoms with Crippen LogP contribution in [-0.4, -0.2) is 17.5 Å². The van der Waals surface area contributed by atoms with Gasteiger partial charge in [-0.25, -0.2) is 4.98 Å². The molecule has 152 valence electrons. The summed E-state index contributed by atoms with van der Waals surface area (Å²) in [4.78, 5) is 20.2. The largest absolute Gasteiger partial charge is 0.494 e. The van der Waals surface area contributed by atoms with Gasteiger partial charge >= 0.3 is 0 Å². The molecule has 0 atom stereocenters. The Bertz CT molecular complexity index is 1180. The molecule has 1 amide bonds. The van der Waals surface area contributed by atoms with Crippen LogP contribution in [-0.2, 0) is 6.54 Å². The van der Waals surface area contributed by atoms with Gasteiger partial charge < -0.3 is 4.74 Å². The highest BCUT2D eigenvalue weighted by molar-refractivity contribution is 7.22. The molecule has 0 fully saturated rings. The number of nitrogens with zero attached hydrogens (tertiary/aromatic N) is 2. The van der Waals surface area contributed by atoms with Crippen LogP contribution < -0.4 is 9.64 Å². The van der Waals surface area contributed by atoms with Gasteiger partial charge in [-0.05, 0) is 56.2 Å². The van der Waals surface area contributed by atoms with Crippen molar-refractivity contribution >= 4 is 32.6 Å². The van der Waals surface area contributed by atoms with E-state index in [9.17, 15) is 4.79 Å². The summed E-state index contributed by atoms with van der Waals surface area (Å²) < 4.78 is 6.63. The third-order valence-corrected chi connectivity index (χ3v) is 5.98. The molecular weight excluding hydrogens is 392 g/mol. The third-order valence-electron chi connectivity index (χ3n) is 4.94. The third kappa shape index (κ3) is 4.21. The number of hydrogen-bond donors (Lipinski definition) is 0. The van der Waals surface area contributed by atoms with E-state index in [0.717, 1.165) is 32.7 Å². The van der Waals surface area contributed by atoms with Crippen molar-refractivity contribution in [2.45, 2.75) is 27.3 Å². The van der Waals surface area contributed by atoms with Crippen LogP contribution in [0.3, 0.4) is 0 Å². The van der Waals surface area contributed by atoms with E-state index in [4.69, 9.17) is 9.72 Å². The van der Waals surface area contributed by atoms with Gasteiger partial charge in [0.05, 0.1) is 23.4 Å². The highest BCUT2D eigenvalue weighted by Crippen LogP contribution is 2.33. The van der Waals surface area contributed by atoms with Gasteiger partial charge in [0, 0.05) is 5.56 Å². The molecule has 3 aromatic carbocycles. The first kappa shape index (κ1) is 20.1. The van der Waals surface area contributed by atoms with E-state index in [1.54, 1.807) is 4.90 Å². The highest BCUT2D eigenvalue weighted by Gasteiger charge is 2.23. The van der Waals surface area contributed by atoms with Gasteiger partial charge in [-0.2, -0.15) is 0 Å². The summed E-state index contributed by atoms with van der Waals surface area (Å²) >= 11 is 1.51. The predicted molar refractivity (Wildman–Crippen MR) is 124 cm³/mol. The molecule has 4 aromatic rings. The van der Waals surface area contributed by atoms with E-state index in [-0.39, 0.29) is 5.91 Å². The normalized spacial score (nSPS) is 10.9. The fourth-order valence-corrected chi connectivity index (χ4v) is 4.36. The number of rotatable bonds is 6. The number of carbonyl (C=O) groups excluding carboxylic acids is 1. The fourth-order valence-electron chi connectivity index (χ4n) is 3.37. The van der Waals surface area contributed by atoms with E-state index in [0.29, 0.717) is 23.8 Å². The monoisotopic (exact) mass is 416 g/mol. The van der Waals surface area contributed by atoms with Crippen LogP contribution in [0, 0.1) is 13.8 Å². The summed E-state index contributed by atoms with van der Waals surface area (Å²) in [5.41, 5.74) is 4.66. The van der Waals surface area contributed by atoms with E-state index in [1.807, 2.05) is 87.5 Å². The standard InChI is InChI=1S/C25H24N2O2S/c1-4-29-20-12-13-22-23(15-20)30-25(26-22)27(16-19-8-6-5-7-9-19)24(28)21-14-17(2)10-11-18(21)3/h5-15H,4,16H2,1-3H3. The molecule has 0 aliphatic carbocycles. The molecule has 4 rings (SSSR count). The molecule has 0 aliphatic rings. The van der Waals surface area contributed by atoms with E-state index < -0.39 is 0 Å². The zero-order chi connectivity index (χ0) is 21.1. The Balaban J connectivity index is 1.77. The molecule has 0 radical (unpaired) electrons. The molecule has 0 bridgehead atoms. The molecule has 5 heteroatoms. The number of anilines is 1. The molecule has 0 N–H and O–H groups in total. The second-order valence-corrected chi connectivity index (χ2v) is 8.26. The zero-order valence-corrected chi connectivity index (χ0v) is 18.2. The van der Waals surface area contributed by atoms with E-state index in [1.165, 1.54) is 11.3 Å². The Morgan fingerprint density at radius 1 is 1.03 bits per heavy atom. The van der Waals surface area contributed by atoms with Gasteiger partial charge in [0.25, 0.3) is 5.91 Å². The molecule has 4 nitrogen and oxygen atoms in total. The first-order valence-corrected chi connectivity index (χ1v) is 10.8. The molecule has 1 heterocycles. The van der Waals surface area contributed by atoms with Crippen LogP contribution in [0.25, 0.3) is 10.2 Å². The second kappa shape index (κ2) is 8.67. The average Bonchev–Trinajstić information content (AvgIpc) is 3.17. The quantitative estimate of drug-likeness (QED) is 0.378. The van der Waals surface area contributed by atoms with Crippen molar-refractivity contribution in [1.29, 1.82) is 0 Å². The molecular formula is C25H24N2O2S. The number of ether oxygens (including phenoxy) is 1. The Morgan fingerprint density at radius 3 is 2.60 bits per heavy atom. The lowest BCUT2D eigenvalue weighted by molar-refractivity contribution is 0.0984. The van der Waals surface area contributed by atoms with Crippen molar-refractivity contribution in [2.75, 3.05) is 11.5 Å². The molecule has 0 saturated heterocycles. The fraction of sp³-hybridized carbons (Fsp3) is 0.200. The maximum Gasteiger partial charge on any atom is 0.260 e. The van der Waals surface area contributed by atoms with Gasteiger partial charge in [-0.15, -0.1) is 0 Å². The SMILES string of the molecule is CCOc1ccc2nc(N(Cc3ccccc3)C(=O)c3cc(C)ccc3C)sc2c1. The number of carbonyl (C=O) groups is 1. The van der Waals surface area contributed by atoms with Gasteiger partial charge in [0.1, 0.15) is 5.75 Å². The van der Waals surface area contributed by atoms with Crippen LogP contribution in [0.2, 0.25) is 0 Å². The van der Waals surface area contributed by atoms with Crippen LogP contribution in [0.4, 0.5) is 5.13 Å². The lowest BCUT2D eigenvalue weighted by Crippen LogP contribution is -2.31. The molecule has 0 aliphatic heterocycles. The molecule has 30 heavy (non-hydrogen) atoms. The first-order valence-electron chi connectivity index (χ1n) is 10.0. The molecule has 0 unspecified atom stereocenters. The lowest BCUT2D eigenvalue weighted by atomic mass is 10.0. The number of hydrogen-bond acceptors (Lipinski definition) is 4. The highest BCUT2D eigenvalue weighted by atomic mass is 32.1. The second-order valence-electron chi connectivity index (χ2n) is 7.25. The van der Waals surface area contributed by atoms with Crippen molar-refractivity contribution in [1.82, 2.24) is 4.98 Å². The zero-order valence-electron chi connectivity index (χ0n) is 17.4. The maximum absolute atomic E-state index is 13.6. The predicted octanol–water partition coefficient (Wildman–Crippen LogP) is 6.16. The van der Waals surface area contributed by atoms with Crippen molar-refractivity contribution in [3.05, 3.63) is 89.0 Å². The van der Waals surface area contributed by atoms with Crippen molar-refractivity contribution in [2.24, 2.45) is 0 Å². The number of fused-ring (bicyclic) bond motifs is 1. The number of aryl methyl sites for hydroxylation is 2. The summed E-state index contributed by atoms with van der Waals surface area (Å²) in [6.45, 7) is 7.02. The van der Waals surface area contributed by atoms with E-state index in [2.05, 4.69) is 0 Å². The van der Waals surface area contributed by atoms with Crippen molar-refractivity contribution in [3.8, 4) is 5.75 Å². The Hall–Kier alpha value is -3.18. The number of thiazole rings is 1. The van der Waals surface area contributed by atoms with Gasteiger partial charge in [-0.1, -0.05) is 59.4 Å². The van der Waals surface area contributed by atoms with Gasteiger partial charge in [-0.3, -0.25) is 9.69 Å². The Kier molecular flexibility index (Phi) is 5.81. The van der Waals surface area contributed by atoms with Crippen LogP contribution in [0.1, 0.15) is 34.0 Å². The summed E-state index contributed by atoms with van der Waals surface area (Å²) in [6, 6.07) is 21.9. The number of benzene rings is 3. The van der Waals surface area contributed by atoms with Crippen LogP contribution in [0.5, 0.6) is 5.75 Å². The van der Waals surface area contributed by atoms with Crippen molar-refractivity contribution < 1.29 is 9.53 Å². The van der Waals surface area contributed by atoms with Crippen LogP contribution >= 0.6 is 11.3 Å². The average molecular weight is 417 g/mol. The Morgan fingerprint density at radius 2 is 1.83 bits per heavy atom. The molecule has 1 aromatic heterocycles. The number of amides is 1. The maximum atomic E-state index is 13.6. The van der Waals surface area contributed by atoms with Gasteiger partial charge in [0.15, 0.2) is 5.13 Å². The summed E-state index contributed by atoms with van der Waals surface area (Å²) in [7, 11) is 0. The molecule has 0 saturated carbocycles. The number of aromatic nitrogens is 1. The molecule has 0 spiro atoms. The van der Waals surface area contributed by atoms with Crippen molar-refractivity contribution in [3.63, 3.8) is 0 Å². The summed E-state index contributed by atoms with van der Waals surface area (Å²) in [6.07, 6.45) is 0. The van der Waals surface area contributed by atoms with E-state index >= 15 is 0 Å². The van der Waals surface area contributed by atoms with Crippen LogP contribution in [0.15, 0.2) is 66.7 Å². The lowest BCUT2D eigenvalue weighted by Gasteiger charge is -2.21. The minimum absolute atomic E-state index is 0.0378. The topological polar surface area (TPSA) is 42.4 Å². The summed E-state index contributed by atoms with van der Waals surface area (Å²) in [5, 5.41) is 0.688. The minimum atomic E-state index is -0.0378. The van der Waals surface area contributed by atoms with Gasteiger partial charge in [0.2, 0.25) is 0 Å². The smallest absolute Gasteiger partial charge is 0.260 e. The summed E-state index contributed by atoms with van der Waals surface area (Å²) in [5.74, 6) is 0.778. The minimum Gasteiger partial charge on any atom is -0.494 e. The Labute approximate surface area is 180 Å². The first-order chi connectivity index (χ1) is 14.5.